The smallest absolute Gasteiger partial charge is 0.276 e. The second-order valence-corrected chi connectivity index (χ2v) is 8.63. The third kappa shape index (κ3) is 5.74. The van der Waals surface area contributed by atoms with Crippen LogP contribution in [0.2, 0.25) is 0 Å². The molecule has 2 aromatic carbocycles. The molecule has 0 spiro atoms. The second-order valence-electron chi connectivity index (χ2n) is 8.63. The number of benzene rings is 2. The van der Waals surface area contributed by atoms with Crippen LogP contribution >= 0.6 is 0 Å². The molecular weight excluding hydrogens is 449 g/mol. The average Bonchev–Trinajstić information content (AvgIpc) is 3.19. The maximum atomic E-state index is 13.5. The molecule has 8 nitrogen and oxygen atoms in total. The number of aryl methyl sites for hydroxylation is 1. The van der Waals surface area contributed by atoms with Crippen molar-refractivity contribution < 1.29 is 18.8 Å². The number of anilines is 1. The lowest BCUT2D eigenvalue weighted by Crippen LogP contribution is -2.37. The summed E-state index contributed by atoms with van der Waals surface area (Å²) in [7, 11) is 1.76. The molecule has 9 heteroatoms. The zero-order chi connectivity index (χ0) is 24.9. The van der Waals surface area contributed by atoms with E-state index in [1.54, 1.807) is 22.7 Å². The quantitative estimate of drug-likeness (QED) is 0.546. The molecule has 2 heterocycles. The average molecular weight is 478 g/mol. The Morgan fingerprint density at radius 2 is 1.86 bits per heavy atom. The maximum absolute atomic E-state index is 13.5. The molecule has 1 aliphatic heterocycles. The highest BCUT2D eigenvalue weighted by Crippen LogP contribution is 2.24. The summed E-state index contributed by atoms with van der Waals surface area (Å²) in [6.07, 6.45) is 0.710. The van der Waals surface area contributed by atoms with Crippen molar-refractivity contribution in [3.05, 3.63) is 82.9 Å². The summed E-state index contributed by atoms with van der Waals surface area (Å²) in [5, 5.41) is 9.94. The summed E-state index contributed by atoms with van der Waals surface area (Å²) in [6, 6.07) is 15.1. The van der Waals surface area contributed by atoms with E-state index in [1.807, 2.05) is 37.3 Å². The number of hydrogen-bond donors (Lipinski definition) is 2. The zero-order valence-corrected chi connectivity index (χ0v) is 19.8. The Kier molecular flexibility index (Phi) is 7.24. The van der Waals surface area contributed by atoms with Gasteiger partial charge in [0.2, 0.25) is 11.8 Å². The first kappa shape index (κ1) is 24.1. The number of nitrogens with zero attached hydrogens (tertiary/aromatic N) is 3. The fraction of sp³-hybridized carbons (Fsp3) is 0.308. The minimum Gasteiger partial charge on any atom is -0.350 e. The van der Waals surface area contributed by atoms with Crippen LogP contribution in [0.5, 0.6) is 0 Å². The van der Waals surface area contributed by atoms with Crippen molar-refractivity contribution in [2.75, 3.05) is 11.9 Å². The molecule has 182 valence electrons. The van der Waals surface area contributed by atoms with Crippen LogP contribution in [0.4, 0.5) is 10.1 Å². The molecule has 2 N–H and O–H groups in total. The van der Waals surface area contributed by atoms with Crippen LogP contribution in [0.15, 0.2) is 54.6 Å². The van der Waals surface area contributed by atoms with E-state index in [2.05, 4.69) is 15.7 Å². The van der Waals surface area contributed by atoms with Crippen molar-refractivity contribution in [1.82, 2.24) is 20.0 Å². The highest BCUT2D eigenvalue weighted by Gasteiger charge is 2.29. The first-order chi connectivity index (χ1) is 16.8. The highest BCUT2D eigenvalue weighted by atomic mass is 19.1. The maximum Gasteiger partial charge on any atom is 0.276 e. The molecule has 1 aliphatic rings. The van der Waals surface area contributed by atoms with Crippen LogP contribution in [0.1, 0.15) is 53.1 Å². The summed E-state index contributed by atoms with van der Waals surface area (Å²) in [4.78, 5) is 39.7. The molecule has 3 aromatic rings. The molecule has 0 unspecified atom stereocenters. The number of rotatable bonds is 7. The number of hydrogen-bond acceptors (Lipinski definition) is 4. The monoisotopic (exact) mass is 477 g/mol. The van der Waals surface area contributed by atoms with E-state index in [4.69, 9.17) is 0 Å². The molecule has 35 heavy (non-hydrogen) atoms. The number of amides is 3. The van der Waals surface area contributed by atoms with Gasteiger partial charge in [0.15, 0.2) is 5.69 Å². The van der Waals surface area contributed by atoms with Crippen LogP contribution in [0.3, 0.4) is 0 Å². The molecule has 0 fully saturated rings. The summed E-state index contributed by atoms with van der Waals surface area (Å²) >= 11 is 0. The fourth-order valence-electron chi connectivity index (χ4n) is 4.26. The second kappa shape index (κ2) is 10.5. The van der Waals surface area contributed by atoms with Gasteiger partial charge in [-0.05, 0) is 30.7 Å². The third-order valence-electron chi connectivity index (χ3n) is 6.14. The molecule has 1 aromatic heterocycles. The Balaban J connectivity index is 1.36. The Hall–Kier alpha value is -4.01. The van der Waals surface area contributed by atoms with Crippen LogP contribution in [-0.2, 0) is 29.6 Å². The van der Waals surface area contributed by atoms with E-state index in [0.717, 1.165) is 11.3 Å². The van der Waals surface area contributed by atoms with Crippen molar-refractivity contribution in [2.24, 2.45) is 7.05 Å². The summed E-state index contributed by atoms with van der Waals surface area (Å²) in [6.45, 7) is 2.62. The molecule has 0 aliphatic carbocycles. The Bertz CT molecular complexity index is 1240. The number of halogens is 1. The molecule has 3 amide bonds. The minimum absolute atomic E-state index is 0.0771. The van der Waals surface area contributed by atoms with Gasteiger partial charge in [-0.25, -0.2) is 4.39 Å². The Labute approximate surface area is 203 Å². The van der Waals surface area contributed by atoms with Crippen molar-refractivity contribution in [3.8, 4) is 0 Å². The number of fused-ring (bicyclic) bond motifs is 1. The number of nitrogens with one attached hydrogen (secondary N) is 2. The van der Waals surface area contributed by atoms with Gasteiger partial charge in [0.05, 0.1) is 6.04 Å². The van der Waals surface area contributed by atoms with Crippen LogP contribution in [0.25, 0.3) is 0 Å². The molecule has 4 rings (SSSR count). The Morgan fingerprint density at radius 1 is 1.09 bits per heavy atom. The van der Waals surface area contributed by atoms with E-state index < -0.39 is 11.7 Å². The lowest BCUT2D eigenvalue weighted by atomic mass is 10.0. The van der Waals surface area contributed by atoms with Crippen LogP contribution < -0.4 is 10.6 Å². The summed E-state index contributed by atoms with van der Waals surface area (Å²) in [5.41, 5.74) is 3.08. The van der Waals surface area contributed by atoms with Gasteiger partial charge in [-0.15, -0.1) is 0 Å². The van der Waals surface area contributed by atoms with E-state index in [-0.39, 0.29) is 42.9 Å². The van der Waals surface area contributed by atoms with Gasteiger partial charge < -0.3 is 15.5 Å². The van der Waals surface area contributed by atoms with Crippen LogP contribution in [0, 0.1) is 5.82 Å². The minimum atomic E-state index is -0.462. The number of carbonyl (C=O) groups excluding carboxylic acids is 3. The molecule has 0 saturated heterocycles. The number of carbonyl (C=O) groups is 3. The lowest BCUT2D eigenvalue weighted by molar-refractivity contribution is -0.134. The first-order valence-electron chi connectivity index (χ1n) is 11.6. The van der Waals surface area contributed by atoms with E-state index in [0.29, 0.717) is 24.2 Å². The highest BCUT2D eigenvalue weighted by molar-refractivity contribution is 6.04. The first-order valence-corrected chi connectivity index (χ1v) is 11.6. The van der Waals surface area contributed by atoms with E-state index >= 15 is 0 Å². The zero-order valence-electron chi connectivity index (χ0n) is 19.8. The van der Waals surface area contributed by atoms with Gasteiger partial charge in [0.1, 0.15) is 5.82 Å². The van der Waals surface area contributed by atoms with E-state index in [1.165, 1.54) is 18.2 Å². The van der Waals surface area contributed by atoms with Gasteiger partial charge in [-0.1, -0.05) is 36.4 Å². The predicted molar refractivity (Wildman–Crippen MR) is 129 cm³/mol. The molecule has 0 radical (unpaired) electrons. The number of aromatic nitrogens is 2. The Morgan fingerprint density at radius 3 is 2.60 bits per heavy atom. The molecular formula is C26H28FN5O3. The lowest BCUT2D eigenvalue weighted by Gasteiger charge is -2.27. The van der Waals surface area contributed by atoms with Crippen molar-refractivity contribution in [3.63, 3.8) is 0 Å². The van der Waals surface area contributed by atoms with Gasteiger partial charge in [0, 0.05) is 56.3 Å². The standard InChI is InChI=1S/C26H28FN5O3/c1-17(18-7-4-3-5-8-18)28-23(33)11-12-24(34)32-14-13-22-21(16-32)25(30-31(22)2)26(35)29-20-10-6-9-19(27)15-20/h3-10,15,17H,11-14,16H2,1-2H3,(H,28,33)(H,29,35)/t17-/m1/s1. The molecule has 1 atom stereocenters. The summed E-state index contributed by atoms with van der Waals surface area (Å²) < 4.78 is 15.1. The van der Waals surface area contributed by atoms with Crippen LogP contribution in [-0.4, -0.2) is 38.9 Å². The van der Waals surface area contributed by atoms with Gasteiger partial charge in [-0.2, -0.15) is 5.10 Å². The predicted octanol–water partition coefficient (Wildman–Crippen LogP) is 3.35. The summed E-state index contributed by atoms with van der Waals surface area (Å²) in [5.74, 6) is -1.26. The van der Waals surface area contributed by atoms with Gasteiger partial charge in [-0.3, -0.25) is 19.1 Å². The third-order valence-corrected chi connectivity index (χ3v) is 6.14. The van der Waals surface area contributed by atoms with Crippen molar-refractivity contribution >= 4 is 23.4 Å². The molecule has 0 bridgehead atoms. The van der Waals surface area contributed by atoms with Gasteiger partial charge in [0.25, 0.3) is 5.91 Å². The normalized spacial score (nSPS) is 13.6. The van der Waals surface area contributed by atoms with Crippen molar-refractivity contribution in [2.45, 2.75) is 38.8 Å². The van der Waals surface area contributed by atoms with Crippen molar-refractivity contribution in [1.29, 1.82) is 0 Å². The van der Waals surface area contributed by atoms with E-state index in [9.17, 15) is 18.8 Å². The fourth-order valence-corrected chi connectivity index (χ4v) is 4.26. The largest absolute Gasteiger partial charge is 0.350 e. The topological polar surface area (TPSA) is 96.3 Å². The van der Waals surface area contributed by atoms with Gasteiger partial charge >= 0.3 is 0 Å². The SMILES string of the molecule is C[C@@H](NC(=O)CCC(=O)N1CCc2c(c(C(=O)Nc3cccc(F)c3)nn2C)C1)c1ccccc1. The molecule has 0 saturated carbocycles.